The summed E-state index contributed by atoms with van der Waals surface area (Å²) in [5.74, 6) is 0.912. The molecular formula is C23H30F2N4O2. The lowest BCUT2D eigenvalue weighted by atomic mass is 10.1. The topological polar surface area (TPSA) is 49.3 Å². The maximum atomic E-state index is 12.3. The quantitative estimate of drug-likeness (QED) is 0.512. The van der Waals surface area contributed by atoms with E-state index in [4.69, 9.17) is 4.74 Å². The zero-order valence-corrected chi connectivity index (χ0v) is 18.1. The standard InChI is InChI=1S/C23H30F2N4O2/c1-26-23(28(2)16-18-7-9-21(10-8-18)31-22(24)25)27-15-19-5-3-4-6-20(19)17-29-11-13-30-14-12-29/h3-10,22H,11-17H2,1-2H3,(H,26,27). The second-order valence-corrected chi connectivity index (χ2v) is 7.44. The van der Waals surface area contributed by atoms with Crippen LogP contribution in [0.15, 0.2) is 53.5 Å². The van der Waals surface area contributed by atoms with Crippen molar-refractivity contribution in [2.75, 3.05) is 40.4 Å². The number of nitrogens with zero attached hydrogens (tertiary/aromatic N) is 3. The first-order valence-corrected chi connectivity index (χ1v) is 10.4. The highest BCUT2D eigenvalue weighted by molar-refractivity contribution is 5.79. The van der Waals surface area contributed by atoms with Gasteiger partial charge in [0.2, 0.25) is 0 Å². The monoisotopic (exact) mass is 432 g/mol. The number of hydrogen-bond donors (Lipinski definition) is 1. The third-order valence-corrected chi connectivity index (χ3v) is 5.19. The summed E-state index contributed by atoms with van der Waals surface area (Å²) in [5, 5.41) is 3.43. The predicted octanol–water partition coefficient (Wildman–Crippen LogP) is 3.33. The molecular weight excluding hydrogens is 402 g/mol. The molecule has 6 nitrogen and oxygen atoms in total. The van der Waals surface area contributed by atoms with E-state index in [0.717, 1.165) is 44.4 Å². The fraction of sp³-hybridized carbons (Fsp3) is 0.435. The second kappa shape index (κ2) is 11.6. The van der Waals surface area contributed by atoms with Crippen LogP contribution in [0.5, 0.6) is 5.75 Å². The highest BCUT2D eigenvalue weighted by atomic mass is 19.3. The molecule has 2 aromatic carbocycles. The summed E-state index contributed by atoms with van der Waals surface area (Å²) < 4.78 is 34.5. The molecule has 31 heavy (non-hydrogen) atoms. The molecule has 1 aliphatic heterocycles. The molecule has 0 unspecified atom stereocenters. The Balaban J connectivity index is 1.56. The average Bonchev–Trinajstić information content (AvgIpc) is 2.77. The van der Waals surface area contributed by atoms with Crippen LogP contribution in [0.25, 0.3) is 0 Å². The van der Waals surface area contributed by atoms with E-state index in [2.05, 4.69) is 44.2 Å². The minimum absolute atomic E-state index is 0.154. The van der Waals surface area contributed by atoms with Gasteiger partial charge in [-0.25, -0.2) is 0 Å². The third kappa shape index (κ3) is 7.18. The van der Waals surface area contributed by atoms with Crippen molar-refractivity contribution in [3.8, 4) is 5.75 Å². The molecule has 0 aromatic heterocycles. The van der Waals surface area contributed by atoms with Crippen molar-refractivity contribution >= 4 is 5.96 Å². The van der Waals surface area contributed by atoms with Gasteiger partial charge in [-0.3, -0.25) is 9.89 Å². The van der Waals surface area contributed by atoms with Crippen LogP contribution in [0.4, 0.5) is 8.78 Å². The van der Waals surface area contributed by atoms with Crippen LogP contribution >= 0.6 is 0 Å². The van der Waals surface area contributed by atoms with E-state index in [1.165, 1.54) is 11.1 Å². The Labute approximate surface area is 182 Å². The summed E-state index contributed by atoms with van der Waals surface area (Å²) in [5.41, 5.74) is 3.50. The molecule has 0 bridgehead atoms. The SMILES string of the molecule is CN=C(NCc1ccccc1CN1CCOCC1)N(C)Cc1ccc(OC(F)F)cc1. The van der Waals surface area contributed by atoms with E-state index in [-0.39, 0.29) is 5.75 Å². The van der Waals surface area contributed by atoms with Gasteiger partial charge in [-0.1, -0.05) is 36.4 Å². The fourth-order valence-electron chi connectivity index (χ4n) is 3.57. The maximum absolute atomic E-state index is 12.3. The van der Waals surface area contributed by atoms with Crippen LogP contribution in [0.3, 0.4) is 0 Å². The van der Waals surface area contributed by atoms with Gasteiger partial charge in [0.1, 0.15) is 5.75 Å². The number of morpholine rings is 1. The molecule has 1 heterocycles. The van der Waals surface area contributed by atoms with Gasteiger partial charge in [0.25, 0.3) is 0 Å². The van der Waals surface area contributed by atoms with Crippen LogP contribution in [-0.4, -0.2) is 62.8 Å². The van der Waals surface area contributed by atoms with Gasteiger partial charge in [0.15, 0.2) is 5.96 Å². The number of aliphatic imine (C=N–C) groups is 1. The van der Waals surface area contributed by atoms with E-state index in [9.17, 15) is 8.78 Å². The van der Waals surface area contributed by atoms with E-state index >= 15 is 0 Å². The molecule has 0 aliphatic carbocycles. The molecule has 0 saturated carbocycles. The Morgan fingerprint density at radius 1 is 1.13 bits per heavy atom. The lowest BCUT2D eigenvalue weighted by Crippen LogP contribution is -2.38. The number of hydrogen-bond acceptors (Lipinski definition) is 4. The van der Waals surface area contributed by atoms with Crippen LogP contribution in [0.2, 0.25) is 0 Å². The molecule has 0 radical (unpaired) electrons. The Morgan fingerprint density at radius 3 is 2.45 bits per heavy atom. The molecule has 8 heteroatoms. The van der Waals surface area contributed by atoms with Crippen molar-refractivity contribution in [1.82, 2.24) is 15.1 Å². The molecule has 2 aromatic rings. The number of guanidine groups is 1. The summed E-state index contributed by atoms with van der Waals surface area (Å²) in [6, 6.07) is 15.1. The van der Waals surface area contributed by atoms with Crippen molar-refractivity contribution in [2.45, 2.75) is 26.2 Å². The van der Waals surface area contributed by atoms with E-state index < -0.39 is 6.61 Å². The summed E-state index contributed by atoms with van der Waals surface area (Å²) >= 11 is 0. The second-order valence-electron chi connectivity index (χ2n) is 7.44. The zero-order valence-electron chi connectivity index (χ0n) is 18.1. The van der Waals surface area contributed by atoms with Crippen LogP contribution in [0, 0.1) is 0 Å². The summed E-state index contributed by atoms with van der Waals surface area (Å²) in [4.78, 5) is 8.78. The number of benzene rings is 2. The van der Waals surface area contributed by atoms with E-state index in [1.807, 2.05) is 11.9 Å². The summed E-state index contributed by atoms with van der Waals surface area (Å²) in [6.07, 6.45) is 0. The first-order chi connectivity index (χ1) is 15.0. The molecule has 1 fully saturated rings. The largest absolute Gasteiger partial charge is 0.435 e. The highest BCUT2D eigenvalue weighted by Crippen LogP contribution is 2.16. The number of ether oxygens (including phenoxy) is 2. The Kier molecular flexibility index (Phi) is 8.61. The van der Waals surface area contributed by atoms with Crippen LogP contribution in [-0.2, 0) is 24.4 Å². The molecule has 0 amide bonds. The van der Waals surface area contributed by atoms with E-state index in [0.29, 0.717) is 13.1 Å². The zero-order chi connectivity index (χ0) is 22.1. The molecule has 1 saturated heterocycles. The first-order valence-electron chi connectivity index (χ1n) is 10.4. The number of nitrogens with one attached hydrogen (secondary N) is 1. The first kappa shape index (κ1) is 23.0. The summed E-state index contributed by atoms with van der Waals surface area (Å²) in [6.45, 7) is 2.81. The van der Waals surface area contributed by atoms with Crippen molar-refractivity contribution in [3.63, 3.8) is 0 Å². The van der Waals surface area contributed by atoms with Gasteiger partial charge >= 0.3 is 6.61 Å². The Hall–Kier alpha value is -2.71. The minimum atomic E-state index is -2.82. The van der Waals surface area contributed by atoms with Gasteiger partial charge in [-0.05, 0) is 28.8 Å². The highest BCUT2D eigenvalue weighted by Gasteiger charge is 2.14. The van der Waals surface area contributed by atoms with Crippen molar-refractivity contribution in [1.29, 1.82) is 0 Å². The maximum Gasteiger partial charge on any atom is 0.387 e. The minimum Gasteiger partial charge on any atom is -0.435 e. The lowest BCUT2D eigenvalue weighted by Gasteiger charge is -2.28. The Bertz CT molecular complexity index is 840. The molecule has 168 valence electrons. The third-order valence-electron chi connectivity index (χ3n) is 5.19. The van der Waals surface area contributed by atoms with E-state index in [1.54, 1.807) is 31.3 Å². The van der Waals surface area contributed by atoms with Gasteiger partial charge in [-0.2, -0.15) is 8.78 Å². The van der Waals surface area contributed by atoms with Crippen LogP contribution < -0.4 is 10.1 Å². The van der Waals surface area contributed by atoms with Gasteiger partial charge in [0, 0.05) is 46.8 Å². The number of halogens is 2. The average molecular weight is 433 g/mol. The number of rotatable bonds is 8. The van der Waals surface area contributed by atoms with Gasteiger partial charge in [0.05, 0.1) is 13.2 Å². The molecule has 1 N–H and O–H groups in total. The molecule has 0 atom stereocenters. The van der Waals surface area contributed by atoms with Gasteiger partial charge in [-0.15, -0.1) is 0 Å². The van der Waals surface area contributed by atoms with Crippen molar-refractivity contribution < 1.29 is 18.3 Å². The smallest absolute Gasteiger partial charge is 0.387 e. The normalized spacial score (nSPS) is 15.2. The van der Waals surface area contributed by atoms with Crippen LogP contribution in [0.1, 0.15) is 16.7 Å². The Morgan fingerprint density at radius 2 is 1.81 bits per heavy atom. The van der Waals surface area contributed by atoms with Crippen molar-refractivity contribution in [3.05, 3.63) is 65.2 Å². The number of alkyl halides is 2. The summed E-state index contributed by atoms with van der Waals surface area (Å²) in [7, 11) is 3.69. The van der Waals surface area contributed by atoms with Crippen molar-refractivity contribution in [2.24, 2.45) is 4.99 Å². The fourth-order valence-corrected chi connectivity index (χ4v) is 3.57. The molecule has 1 aliphatic rings. The molecule has 3 rings (SSSR count). The predicted molar refractivity (Wildman–Crippen MR) is 117 cm³/mol. The lowest BCUT2D eigenvalue weighted by molar-refractivity contribution is -0.0498. The van der Waals surface area contributed by atoms with Gasteiger partial charge < -0.3 is 19.7 Å². The molecule has 0 spiro atoms.